The van der Waals surface area contributed by atoms with Crippen molar-refractivity contribution in [2.75, 3.05) is 0 Å². The highest BCUT2D eigenvalue weighted by Crippen LogP contribution is 2.31. The van der Waals surface area contributed by atoms with Crippen LogP contribution in [0.3, 0.4) is 0 Å². The third kappa shape index (κ3) is 2.90. The topological polar surface area (TPSA) is 65.2 Å². The molecule has 0 atom stereocenters. The Bertz CT molecular complexity index is 647. The lowest BCUT2D eigenvalue weighted by Crippen LogP contribution is -2.14. The molecule has 0 unspecified atom stereocenters. The summed E-state index contributed by atoms with van der Waals surface area (Å²) < 4.78 is 19.2. The minimum Gasteiger partial charge on any atom is -0.437 e. The number of carbonyl (C=O) groups is 1. The molecule has 0 aliphatic heterocycles. The molecule has 0 aliphatic carbocycles. The number of hydrogen-bond donors (Lipinski definition) is 1. The van der Waals surface area contributed by atoms with Gasteiger partial charge in [-0.1, -0.05) is 0 Å². The predicted molar refractivity (Wildman–Crippen MR) is 71.7 cm³/mol. The van der Waals surface area contributed by atoms with E-state index in [1.165, 1.54) is 24.4 Å². The molecule has 1 aromatic heterocycles. The second-order valence-corrected chi connectivity index (χ2v) is 4.70. The predicted octanol–water partition coefficient (Wildman–Crippen LogP) is 3.18. The molecule has 1 heterocycles. The van der Waals surface area contributed by atoms with Gasteiger partial charge < -0.3 is 10.5 Å². The van der Waals surface area contributed by atoms with Crippen molar-refractivity contribution in [1.82, 2.24) is 4.98 Å². The number of aryl methyl sites for hydroxylation is 1. The fourth-order valence-electron chi connectivity index (χ4n) is 1.57. The molecule has 2 N–H and O–H groups in total. The first-order chi connectivity index (χ1) is 8.99. The molecule has 98 valence electrons. The molecule has 0 spiro atoms. The maximum Gasteiger partial charge on any atom is 0.254 e. The van der Waals surface area contributed by atoms with Crippen molar-refractivity contribution in [1.29, 1.82) is 0 Å². The second-order valence-electron chi connectivity index (χ2n) is 3.85. The summed E-state index contributed by atoms with van der Waals surface area (Å²) in [6.07, 6.45) is 1.49. The Hall–Kier alpha value is -1.95. The van der Waals surface area contributed by atoms with Crippen LogP contribution in [-0.4, -0.2) is 10.9 Å². The first-order valence-corrected chi connectivity index (χ1v) is 6.16. The van der Waals surface area contributed by atoms with Crippen LogP contribution in [0.25, 0.3) is 0 Å². The number of benzene rings is 1. The van der Waals surface area contributed by atoms with E-state index in [2.05, 4.69) is 20.9 Å². The van der Waals surface area contributed by atoms with Crippen molar-refractivity contribution in [2.45, 2.75) is 6.92 Å². The highest BCUT2D eigenvalue weighted by Gasteiger charge is 2.16. The van der Waals surface area contributed by atoms with Crippen molar-refractivity contribution in [2.24, 2.45) is 5.73 Å². The molecule has 0 saturated heterocycles. The zero-order valence-electron chi connectivity index (χ0n) is 9.98. The highest BCUT2D eigenvalue weighted by atomic mass is 79.9. The average Bonchev–Trinajstić information content (AvgIpc) is 2.33. The van der Waals surface area contributed by atoms with Crippen LogP contribution < -0.4 is 10.5 Å². The van der Waals surface area contributed by atoms with Crippen molar-refractivity contribution >= 4 is 21.8 Å². The van der Waals surface area contributed by atoms with Crippen LogP contribution in [-0.2, 0) is 0 Å². The molecular formula is C13H10BrFN2O2. The van der Waals surface area contributed by atoms with E-state index in [4.69, 9.17) is 10.5 Å². The van der Waals surface area contributed by atoms with Crippen LogP contribution >= 0.6 is 15.9 Å². The van der Waals surface area contributed by atoms with E-state index in [-0.39, 0.29) is 17.2 Å². The minimum absolute atomic E-state index is 0.0544. The Kier molecular flexibility index (Phi) is 3.80. The third-order valence-electron chi connectivity index (χ3n) is 2.47. The SMILES string of the molecule is Cc1ccnc(Oc2cc(F)ccc2Br)c1C(N)=O. The van der Waals surface area contributed by atoms with E-state index >= 15 is 0 Å². The summed E-state index contributed by atoms with van der Waals surface area (Å²) in [5.74, 6) is -0.820. The summed E-state index contributed by atoms with van der Waals surface area (Å²) in [6, 6.07) is 5.63. The number of ether oxygens (including phenoxy) is 1. The number of nitrogens with two attached hydrogens (primary N) is 1. The number of halogens is 2. The number of amides is 1. The molecule has 0 radical (unpaired) electrons. The van der Waals surface area contributed by atoms with Crippen molar-refractivity contribution in [3.05, 3.63) is 51.9 Å². The molecule has 1 amide bonds. The van der Waals surface area contributed by atoms with Gasteiger partial charge in [0, 0.05) is 12.3 Å². The summed E-state index contributed by atoms with van der Waals surface area (Å²) in [7, 11) is 0. The van der Waals surface area contributed by atoms with Crippen LogP contribution in [0.2, 0.25) is 0 Å². The lowest BCUT2D eigenvalue weighted by atomic mass is 10.1. The van der Waals surface area contributed by atoms with Gasteiger partial charge in [-0.3, -0.25) is 4.79 Å². The van der Waals surface area contributed by atoms with Crippen LogP contribution in [0, 0.1) is 12.7 Å². The fraction of sp³-hybridized carbons (Fsp3) is 0.0769. The first kappa shape index (κ1) is 13.5. The van der Waals surface area contributed by atoms with Crippen molar-refractivity contribution < 1.29 is 13.9 Å². The highest BCUT2D eigenvalue weighted by molar-refractivity contribution is 9.10. The number of aromatic nitrogens is 1. The minimum atomic E-state index is -0.645. The van der Waals surface area contributed by atoms with Gasteiger partial charge in [-0.2, -0.15) is 0 Å². The third-order valence-corrected chi connectivity index (χ3v) is 3.13. The summed E-state index contributed by atoms with van der Waals surface area (Å²) in [5, 5.41) is 0. The Balaban J connectivity index is 2.46. The van der Waals surface area contributed by atoms with E-state index in [1.54, 1.807) is 13.0 Å². The van der Waals surface area contributed by atoms with Crippen molar-refractivity contribution in [3.63, 3.8) is 0 Å². The van der Waals surface area contributed by atoms with Crippen LogP contribution in [0.5, 0.6) is 11.6 Å². The van der Waals surface area contributed by atoms with E-state index in [0.717, 1.165) is 0 Å². The van der Waals surface area contributed by atoms with Gasteiger partial charge in [0.05, 0.1) is 4.47 Å². The number of carbonyl (C=O) groups excluding carboxylic acids is 1. The van der Waals surface area contributed by atoms with Gasteiger partial charge in [0.15, 0.2) is 0 Å². The molecular weight excluding hydrogens is 315 g/mol. The molecule has 0 saturated carbocycles. The normalized spacial score (nSPS) is 10.3. The monoisotopic (exact) mass is 324 g/mol. The quantitative estimate of drug-likeness (QED) is 0.942. The maximum atomic E-state index is 13.2. The summed E-state index contributed by atoms with van der Waals surface area (Å²) in [4.78, 5) is 15.4. The van der Waals surface area contributed by atoms with E-state index in [1.807, 2.05) is 0 Å². The van der Waals surface area contributed by atoms with Gasteiger partial charge in [0.25, 0.3) is 5.91 Å². The lowest BCUT2D eigenvalue weighted by Gasteiger charge is -2.11. The lowest BCUT2D eigenvalue weighted by molar-refractivity contribution is 0.0997. The second kappa shape index (κ2) is 5.36. The zero-order valence-corrected chi connectivity index (χ0v) is 11.6. The summed E-state index contributed by atoms with van der Waals surface area (Å²) in [5.41, 5.74) is 6.12. The Morgan fingerprint density at radius 2 is 2.16 bits per heavy atom. The van der Waals surface area contributed by atoms with Gasteiger partial charge in [0.1, 0.15) is 17.1 Å². The first-order valence-electron chi connectivity index (χ1n) is 5.37. The van der Waals surface area contributed by atoms with Crippen LogP contribution in [0.15, 0.2) is 34.9 Å². The van der Waals surface area contributed by atoms with E-state index in [0.29, 0.717) is 10.0 Å². The summed E-state index contributed by atoms with van der Waals surface area (Å²) >= 11 is 3.23. The van der Waals surface area contributed by atoms with Gasteiger partial charge in [-0.05, 0) is 46.6 Å². The van der Waals surface area contributed by atoms with Crippen LogP contribution in [0.4, 0.5) is 4.39 Å². The maximum absolute atomic E-state index is 13.2. The molecule has 4 nitrogen and oxygen atoms in total. The Morgan fingerprint density at radius 3 is 2.84 bits per heavy atom. The molecule has 19 heavy (non-hydrogen) atoms. The molecule has 0 bridgehead atoms. The standard InChI is InChI=1S/C13H10BrFN2O2/c1-7-4-5-17-13(11(7)12(16)18)19-10-6-8(15)2-3-9(10)14/h2-6H,1H3,(H2,16,18). The molecule has 0 fully saturated rings. The van der Waals surface area contributed by atoms with Gasteiger partial charge >= 0.3 is 0 Å². The molecule has 6 heteroatoms. The molecule has 2 rings (SSSR count). The summed E-state index contributed by atoms with van der Waals surface area (Å²) in [6.45, 7) is 1.72. The van der Waals surface area contributed by atoms with Gasteiger partial charge in [-0.15, -0.1) is 0 Å². The smallest absolute Gasteiger partial charge is 0.254 e. The number of hydrogen-bond acceptors (Lipinski definition) is 3. The number of rotatable bonds is 3. The van der Waals surface area contributed by atoms with Gasteiger partial charge in [-0.25, -0.2) is 9.37 Å². The van der Waals surface area contributed by atoms with Gasteiger partial charge in [0.2, 0.25) is 5.88 Å². The number of pyridine rings is 1. The van der Waals surface area contributed by atoms with Crippen LogP contribution in [0.1, 0.15) is 15.9 Å². The molecule has 2 aromatic rings. The molecule has 0 aliphatic rings. The molecule has 1 aromatic carbocycles. The number of nitrogens with zero attached hydrogens (tertiary/aromatic N) is 1. The Labute approximate surface area is 117 Å². The number of primary amides is 1. The zero-order chi connectivity index (χ0) is 14.0. The van der Waals surface area contributed by atoms with Crippen molar-refractivity contribution in [3.8, 4) is 11.6 Å². The average molecular weight is 325 g/mol. The fourth-order valence-corrected chi connectivity index (χ4v) is 1.90. The van der Waals surface area contributed by atoms with E-state index < -0.39 is 11.7 Å². The van der Waals surface area contributed by atoms with E-state index in [9.17, 15) is 9.18 Å². The Morgan fingerprint density at radius 1 is 1.42 bits per heavy atom. The largest absolute Gasteiger partial charge is 0.437 e.